The molecule has 2 unspecified atom stereocenters. The summed E-state index contributed by atoms with van der Waals surface area (Å²) in [6.45, 7) is 4.73. The molecule has 13 heteroatoms. The molecule has 0 radical (unpaired) electrons. The van der Waals surface area contributed by atoms with Gasteiger partial charge in [-0.1, -0.05) is 12.7 Å². The van der Waals surface area contributed by atoms with E-state index < -0.39 is 18.1 Å². The summed E-state index contributed by atoms with van der Waals surface area (Å²) in [5.74, 6) is -0.744. The molecule has 0 aromatic rings. The predicted molar refractivity (Wildman–Crippen MR) is 91.4 cm³/mol. The molecular formula is C15H26N2O11. The first-order valence-electron chi connectivity index (χ1n) is 7.99. The van der Waals surface area contributed by atoms with Crippen LogP contribution in [0.2, 0.25) is 0 Å². The molecular weight excluding hydrogens is 384 g/mol. The fourth-order valence-electron chi connectivity index (χ4n) is 1.11. The van der Waals surface area contributed by atoms with Crippen molar-refractivity contribution in [2.45, 2.75) is 19.1 Å². The Morgan fingerprint density at radius 1 is 0.929 bits per heavy atom. The summed E-state index contributed by atoms with van der Waals surface area (Å²) in [6.07, 6.45) is 2.08. The SMILES string of the molecule is C=C/C=C/OCCOOCCOOOOOC(=N)C(O)COCC(O)C(C)=N. The summed E-state index contributed by atoms with van der Waals surface area (Å²) < 4.78 is 9.91. The maximum atomic E-state index is 9.51. The van der Waals surface area contributed by atoms with Crippen molar-refractivity contribution >= 4 is 11.6 Å². The van der Waals surface area contributed by atoms with Crippen LogP contribution in [0.5, 0.6) is 0 Å². The molecule has 28 heavy (non-hydrogen) atoms. The number of hydrogen-bond donors (Lipinski definition) is 4. The first-order chi connectivity index (χ1) is 13.5. The summed E-state index contributed by atoms with van der Waals surface area (Å²) in [7, 11) is 0. The van der Waals surface area contributed by atoms with E-state index in [1.807, 2.05) is 0 Å². The van der Waals surface area contributed by atoms with Gasteiger partial charge in [0, 0.05) is 15.8 Å². The Bertz CT molecular complexity index is 461. The van der Waals surface area contributed by atoms with Crippen molar-refractivity contribution in [2.24, 2.45) is 0 Å². The quantitative estimate of drug-likeness (QED) is 0.0434. The molecule has 0 aromatic carbocycles. The summed E-state index contributed by atoms with van der Waals surface area (Å²) in [5, 5.41) is 45.3. The van der Waals surface area contributed by atoms with E-state index >= 15 is 0 Å². The molecule has 0 aliphatic rings. The van der Waals surface area contributed by atoms with E-state index in [0.29, 0.717) is 6.61 Å². The van der Waals surface area contributed by atoms with Crippen molar-refractivity contribution < 1.29 is 54.4 Å². The van der Waals surface area contributed by atoms with Crippen LogP contribution in [0.1, 0.15) is 6.92 Å². The molecule has 0 spiro atoms. The monoisotopic (exact) mass is 410 g/mol. The molecule has 0 heterocycles. The fourth-order valence-corrected chi connectivity index (χ4v) is 1.11. The average molecular weight is 410 g/mol. The van der Waals surface area contributed by atoms with Gasteiger partial charge >= 0.3 is 0 Å². The van der Waals surface area contributed by atoms with E-state index in [4.69, 9.17) is 30.1 Å². The minimum Gasteiger partial charge on any atom is -0.499 e. The number of allylic oxidation sites excluding steroid dienone is 2. The van der Waals surface area contributed by atoms with Crippen molar-refractivity contribution in [3.8, 4) is 0 Å². The molecule has 0 aromatic heterocycles. The van der Waals surface area contributed by atoms with Gasteiger partial charge in [-0.3, -0.25) is 10.3 Å². The molecule has 0 fully saturated rings. The third-order valence-corrected chi connectivity index (χ3v) is 2.51. The summed E-state index contributed by atoms with van der Waals surface area (Å²) in [4.78, 5) is 18.2. The highest BCUT2D eigenvalue weighted by Gasteiger charge is 2.16. The van der Waals surface area contributed by atoms with Gasteiger partial charge in [0.25, 0.3) is 5.90 Å². The molecule has 0 aliphatic heterocycles. The van der Waals surface area contributed by atoms with E-state index in [-0.39, 0.29) is 38.7 Å². The number of nitrogens with one attached hydrogen (secondary N) is 2. The smallest absolute Gasteiger partial charge is 0.259 e. The first-order valence-corrected chi connectivity index (χ1v) is 7.99. The van der Waals surface area contributed by atoms with E-state index in [2.05, 4.69) is 31.5 Å². The molecule has 13 nitrogen and oxygen atoms in total. The van der Waals surface area contributed by atoms with Crippen molar-refractivity contribution in [2.75, 3.05) is 39.6 Å². The lowest BCUT2D eigenvalue weighted by molar-refractivity contribution is -0.696. The number of hydrogen-bond acceptors (Lipinski definition) is 13. The van der Waals surface area contributed by atoms with E-state index in [1.165, 1.54) is 13.2 Å². The lowest BCUT2D eigenvalue weighted by Gasteiger charge is -2.13. The lowest BCUT2D eigenvalue weighted by Crippen LogP contribution is -2.31. The zero-order valence-electron chi connectivity index (χ0n) is 15.4. The van der Waals surface area contributed by atoms with Crippen LogP contribution in [0.15, 0.2) is 25.0 Å². The minimum absolute atomic E-state index is 0.0114. The van der Waals surface area contributed by atoms with Crippen LogP contribution in [-0.4, -0.2) is 73.7 Å². The van der Waals surface area contributed by atoms with Gasteiger partial charge in [0.2, 0.25) is 0 Å². The summed E-state index contributed by atoms with van der Waals surface area (Å²) in [6, 6.07) is 0. The minimum atomic E-state index is -1.48. The third-order valence-electron chi connectivity index (χ3n) is 2.51. The summed E-state index contributed by atoms with van der Waals surface area (Å²) >= 11 is 0. The van der Waals surface area contributed by atoms with Crippen LogP contribution in [0.3, 0.4) is 0 Å². The standard InChI is InChI=1S/C15H26N2O11/c1-3-4-5-20-6-7-22-23-8-9-24-26-28-27-25-15(17)14(19)11-21-10-13(18)12(2)16/h3-5,13-14,16-19H,1,6-11H2,2H3/b5-4+,16-12?,17-15?. The van der Waals surface area contributed by atoms with Crippen molar-refractivity contribution in [1.29, 1.82) is 10.8 Å². The van der Waals surface area contributed by atoms with Crippen LogP contribution in [0.4, 0.5) is 0 Å². The van der Waals surface area contributed by atoms with Crippen molar-refractivity contribution in [1.82, 2.24) is 0 Å². The number of ether oxygens (including phenoxy) is 2. The van der Waals surface area contributed by atoms with Crippen molar-refractivity contribution in [3.05, 3.63) is 25.0 Å². The first kappa shape index (κ1) is 26.1. The molecule has 0 bridgehead atoms. The molecule has 162 valence electrons. The average Bonchev–Trinajstić information content (AvgIpc) is 2.67. The normalized spacial score (nSPS) is 13.2. The van der Waals surface area contributed by atoms with Gasteiger partial charge in [0.1, 0.15) is 32.5 Å². The Kier molecular flexibility index (Phi) is 17.1. The van der Waals surface area contributed by atoms with Crippen molar-refractivity contribution in [3.63, 3.8) is 0 Å². The van der Waals surface area contributed by atoms with Gasteiger partial charge in [-0.2, -0.15) is 0 Å². The molecule has 2 atom stereocenters. The molecule has 0 rings (SSSR count). The number of aliphatic hydroxyl groups excluding tert-OH is 2. The van der Waals surface area contributed by atoms with Gasteiger partial charge in [-0.15, -0.1) is 0 Å². The zero-order chi connectivity index (χ0) is 21.0. The lowest BCUT2D eigenvalue weighted by atomic mass is 10.2. The van der Waals surface area contributed by atoms with Crippen LogP contribution < -0.4 is 0 Å². The number of rotatable bonds is 19. The summed E-state index contributed by atoms with van der Waals surface area (Å²) in [5.41, 5.74) is 0.0114. The second kappa shape index (κ2) is 18.4. The Morgan fingerprint density at radius 2 is 1.57 bits per heavy atom. The zero-order valence-corrected chi connectivity index (χ0v) is 15.4. The van der Waals surface area contributed by atoms with Crippen LogP contribution >= 0.6 is 0 Å². The van der Waals surface area contributed by atoms with Crippen LogP contribution in [0, 0.1) is 10.8 Å². The Labute approximate surface area is 161 Å². The highest BCUT2D eigenvalue weighted by molar-refractivity contribution is 5.83. The molecule has 0 aliphatic carbocycles. The fraction of sp³-hybridized carbons (Fsp3) is 0.600. The molecule has 0 amide bonds. The van der Waals surface area contributed by atoms with E-state index in [9.17, 15) is 10.2 Å². The number of aliphatic hydroxyl groups is 2. The second-order valence-electron chi connectivity index (χ2n) is 4.80. The molecule has 0 saturated heterocycles. The second-order valence-corrected chi connectivity index (χ2v) is 4.80. The van der Waals surface area contributed by atoms with Gasteiger partial charge in [-0.25, -0.2) is 14.7 Å². The Hall–Kier alpha value is -1.94. The van der Waals surface area contributed by atoms with Crippen LogP contribution in [-0.2, 0) is 44.1 Å². The Morgan fingerprint density at radius 3 is 2.25 bits per heavy atom. The van der Waals surface area contributed by atoms with Gasteiger partial charge < -0.3 is 25.1 Å². The highest BCUT2D eigenvalue weighted by Crippen LogP contribution is 1.96. The van der Waals surface area contributed by atoms with E-state index in [1.54, 1.807) is 12.2 Å². The largest absolute Gasteiger partial charge is 0.499 e. The molecule has 4 N–H and O–H groups in total. The predicted octanol–water partition coefficient (Wildman–Crippen LogP) is 0.149. The Balaban J connectivity index is 3.41. The van der Waals surface area contributed by atoms with Gasteiger partial charge in [-0.05, 0) is 18.0 Å². The van der Waals surface area contributed by atoms with Gasteiger partial charge in [0.05, 0.1) is 19.5 Å². The highest BCUT2D eigenvalue weighted by atomic mass is 17.8. The third kappa shape index (κ3) is 16.2. The maximum Gasteiger partial charge on any atom is 0.259 e. The molecule has 0 saturated carbocycles. The topological polar surface area (TPSA) is 171 Å². The van der Waals surface area contributed by atoms with Gasteiger partial charge in [0.15, 0.2) is 6.10 Å². The maximum absolute atomic E-state index is 9.51. The van der Waals surface area contributed by atoms with E-state index in [0.717, 1.165) is 0 Å². The van der Waals surface area contributed by atoms with Crippen LogP contribution in [0.25, 0.3) is 0 Å².